The third-order valence-corrected chi connectivity index (χ3v) is 6.61. The molecular formula is C22H18NP. The Morgan fingerprint density at radius 1 is 0.542 bits per heavy atom. The van der Waals surface area contributed by atoms with Crippen LogP contribution in [0.4, 0.5) is 5.69 Å². The summed E-state index contributed by atoms with van der Waals surface area (Å²) in [5.74, 6) is 0. The van der Waals surface area contributed by atoms with Gasteiger partial charge in [-0.3, -0.25) is 0 Å². The molecule has 0 bridgehead atoms. The molecule has 0 aliphatic heterocycles. The first-order chi connectivity index (χ1) is 11.8. The number of benzene rings is 4. The van der Waals surface area contributed by atoms with Gasteiger partial charge >= 0.3 is 0 Å². The molecule has 4 rings (SSSR count). The van der Waals surface area contributed by atoms with Crippen LogP contribution in [-0.4, -0.2) is 0 Å². The number of rotatable bonds is 3. The van der Waals surface area contributed by atoms with Crippen molar-refractivity contribution in [3.05, 3.63) is 97.1 Å². The van der Waals surface area contributed by atoms with Crippen molar-refractivity contribution in [2.45, 2.75) is 0 Å². The van der Waals surface area contributed by atoms with E-state index in [9.17, 15) is 0 Å². The van der Waals surface area contributed by atoms with E-state index in [0.29, 0.717) is 0 Å². The molecule has 24 heavy (non-hydrogen) atoms. The fourth-order valence-corrected chi connectivity index (χ4v) is 5.36. The lowest BCUT2D eigenvalue weighted by Gasteiger charge is -2.20. The molecule has 2 N–H and O–H groups in total. The van der Waals surface area contributed by atoms with E-state index in [4.69, 9.17) is 5.73 Å². The van der Waals surface area contributed by atoms with Crippen LogP contribution < -0.4 is 21.6 Å². The third kappa shape index (κ3) is 2.79. The summed E-state index contributed by atoms with van der Waals surface area (Å²) in [5.41, 5.74) is 6.95. The normalized spacial score (nSPS) is 11.0. The minimum Gasteiger partial charge on any atom is -0.398 e. The average Bonchev–Trinajstić information content (AvgIpc) is 2.64. The van der Waals surface area contributed by atoms with E-state index in [2.05, 4.69) is 84.9 Å². The largest absolute Gasteiger partial charge is 0.398 e. The van der Waals surface area contributed by atoms with Gasteiger partial charge in [-0.05, 0) is 41.4 Å². The van der Waals surface area contributed by atoms with Crippen molar-refractivity contribution in [1.29, 1.82) is 0 Å². The lowest BCUT2D eigenvalue weighted by Crippen LogP contribution is -2.20. The average molecular weight is 327 g/mol. The molecule has 0 atom stereocenters. The predicted octanol–water partition coefficient (Wildman–Crippen LogP) is 4.18. The maximum Gasteiger partial charge on any atom is 0.0393 e. The molecule has 0 heterocycles. The van der Waals surface area contributed by atoms with Gasteiger partial charge < -0.3 is 5.73 Å². The minimum atomic E-state index is -0.570. The molecule has 0 fully saturated rings. The molecule has 0 radical (unpaired) electrons. The van der Waals surface area contributed by atoms with E-state index < -0.39 is 7.92 Å². The third-order valence-electron chi connectivity index (χ3n) is 4.18. The van der Waals surface area contributed by atoms with Crippen LogP contribution in [0.1, 0.15) is 0 Å². The SMILES string of the molecule is Nc1cccc2cc(P(c3ccccc3)c3ccccc3)ccc12. The van der Waals surface area contributed by atoms with Crippen molar-refractivity contribution in [1.82, 2.24) is 0 Å². The Morgan fingerprint density at radius 2 is 1.17 bits per heavy atom. The van der Waals surface area contributed by atoms with E-state index in [1.54, 1.807) is 0 Å². The smallest absolute Gasteiger partial charge is 0.0393 e. The van der Waals surface area contributed by atoms with Crippen molar-refractivity contribution in [2.75, 3.05) is 5.73 Å². The molecule has 0 saturated carbocycles. The number of anilines is 1. The topological polar surface area (TPSA) is 26.0 Å². The predicted molar refractivity (Wildman–Crippen MR) is 107 cm³/mol. The zero-order chi connectivity index (χ0) is 16.4. The first-order valence-corrected chi connectivity index (χ1v) is 9.35. The van der Waals surface area contributed by atoms with Gasteiger partial charge in [0.1, 0.15) is 0 Å². The maximum atomic E-state index is 6.11. The van der Waals surface area contributed by atoms with Gasteiger partial charge in [-0.1, -0.05) is 84.9 Å². The molecule has 4 aromatic rings. The summed E-state index contributed by atoms with van der Waals surface area (Å²) in [5, 5.41) is 6.40. The zero-order valence-electron chi connectivity index (χ0n) is 13.3. The summed E-state index contributed by atoms with van der Waals surface area (Å²) in [4.78, 5) is 0. The Kier molecular flexibility index (Phi) is 4.02. The van der Waals surface area contributed by atoms with Crippen LogP contribution in [0.3, 0.4) is 0 Å². The van der Waals surface area contributed by atoms with Gasteiger partial charge in [0.15, 0.2) is 0 Å². The monoisotopic (exact) mass is 327 g/mol. The Labute approximate surface area is 143 Å². The number of nitrogens with two attached hydrogens (primary N) is 1. The summed E-state index contributed by atoms with van der Waals surface area (Å²) in [6.07, 6.45) is 0. The van der Waals surface area contributed by atoms with Crippen molar-refractivity contribution in [2.24, 2.45) is 0 Å². The molecule has 0 saturated heterocycles. The highest BCUT2D eigenvalue weighted by atomic mass is 31.1. The maximum absolute atomic E-state index is 6.11. The fourth-order valence-electron chi connectivity index (χ4n) is 3.04. The number of hydrogen-bond acceptors (Lipinski definition) is 1. The molecule has 0 aliphatic carbocycles. The van der Waals surface area contributed by atoms with Gasteiger partial charge in [0, 0.05) is 11.1 Å². The van der Waals surface area contributed by atoms with Gasteiger partial charge in [0.05, 0.1) is 0 Å². The second-order valence-electron chi connectivity index (χ2n) is 5.76. The standard InChI is InChI=1S/C22H18NP/c23-22-13-7-8-17-16-20(14-15-21(17)22)24(18-9-3-1-4-10-18)19-11-5-2-6-12-19/h1-16H,23H2. The molecule has 116 valence electrons. The zero-order valence-corrected chi connectivity index (χ0v) is 14.2. The van der Waals surface area contributed by atoms with E-state index >= 15 is 0 Å². The lowest BCUT2D eigenvalue weighted by molar-refractivity contribution is 1.74. The quantitative estimate of drug-likeness (QED) is 0.443. The van der Waals surface area contributed by atoms with E-state index in [1.807, 2.05) is 12.1 Å². The molecule has 0 amide bonds. The van der Waals surface area contributed by atoms with Crippen molar-refractivity contribution in [3.8, 4) is 0 Å². The second-order valence-corrected chi connectivity index (χ2v) is 7.98. The van der Waals surface area contributed by atoms with Crippen molar-refractivity contribution < 1.29 is 0 Å². The highest BCUT2D eigenvalue weighted by Gasteiger charge is 2.16. The molecule has 0 unspecified atom stereocenters. The Hall–Kier alpha value is -2.63. The number of hydrogen-bond donors (Lipinski definition) is 1. The lowest BCUT2D eigenvalue weighted by atomic mass is 10.1. The molecule has 1 nitrogen and oxygen atoms in total. The molecule has 2 heteroatoms. The van der Waals surface area contributed by atoms with Crippen LogP contribution in [0.25, 0.3) is 10.8 Å². The summed E-state index contributed by atoms with van der Waals surface area (Å²) in [6.45, 7) is 0. The summed E-state index contributed by atoms with van der Waals surface area (Å²) in [6, 6.07) is 34.3. The highest BCUT2D eigenvalue weighted by Crippen LogP contribution is 2.34. The van der Waals surface area contributed by atoms with Gasteiger partial charge in [-0.2, -0.15) is 0 Å². The molecule has 0 aliphatic rings. The molecule has 4 aromatic carbocycles. The van der Waals surface area contributed by atoms with Crippen LogP contribution in [0.2, 0.25) is 0 Å². The van der Waals surface area contributed by atoms with E-state index in [0.717, 1.165) is 11.1 Å². The van der Waals surface area contributed by atoms with Crippen LogP contribution in [0, 0.1) is 0 Å². The summed E-state index contributed by atoms with van der Waals surface area (Å²) >= 11 is 0. The van der Waals surface area contributed by atoms with Crippen LogP contribution in [0.15, 0.2) is 97.1 Å². The second kappa shape index (κ2) is 6.47. The van der Waals surface area contributed by atoms with Crippen LogP contribution in [0.5, 0.6) is 0 Å². The summed E-state index contributed by atoms with van der Waals surface area (Å²) < 4.78 is 0. The van der Waals surface area contributed by atoms with Crippen molar-refractivity contribution >= 4 is 40.3 Å². The van der Waals surface area contributed by atoms with Gasteiger partial charge in [0.2, 0.25) is 0 Å². The summed E-state index contributed by atoms with van der Waals surface area (Å²) in [7, 11) is -0.570. The molecule has 0 aromatic heterocycles. The fraction of sp³-hybridized carbons (Fsp3) is 0. The van der Waals surface area contributed by atoms with Crippen LogP contribution >= 0.6 is 7.92 Å². The van der Waals surface area contributed by atoms with Crippen molar-refractivity contribution in [3.63, 3.8) is 0 Å². The van der Waals surface area contributed by atoms with Gasteiger partial charge in [0.25, 0.3) is 0 Å². The van der Waals surface area contributed by atoms with Crippen LogP contribution in [-0.2, 0) is 0 Å². The van der Waals surface area contributed by atoms with Gasteiger partial charge in [-0.15, -0.1) is 0 Å². The number of nitrogen functional groups attached to an aromatic ring is 1. The Morgan fingerprint density at radius 3 is 1.79 bits per heavy atom. The first-order valence-electron chi connectivity index (χ1n) is 8.01. The Bertz CT molecular complexity index is 925. The van der Waals surface area contributed by atoms with E-state index in [-0.39, 0.29) is 0 Å². The van der Waals surface area contributed by atoms with Gasteiger partial charge in [-0.25, -0.2) is 0 Å². The van der Waals surface area contributed by atoms with E-state index in [1.165, 1.54) is 21.3 Å². The minimum absolute atomic E-state index is 0.570. The Balaban J connectivity index is 1.91. The molecule has 0 spiro atoms. The highest BCUT2D eigenvalue weighted by molar-refractivity contribution is 7.79. The first kappa shape index (κ1) is 14.9. The number of fused-ring (bicyclic) bond motifs is 1. The molecular weight excluding hydrogens is 309 g/mol.